The number of hydrogen-bond acceptors (Lipinski definition) is 1. The third-order valence-electron chi connectivity index (χ3n) is 1.32. The maximum atomic E-state index is 3.27. The second kappa shape index (κ2) is 2.01. The van der Waals surface area contributed by atoms with Gasteiger partial charge in [-0.25, -0.2) is 0 Å². The van der Waals surface area contributed by atoms with Crippen LogP contribution in [0.1, 0.15) is 19.8 Å². The van der Waals surface area contributed by atoms with Gasteiger partial charge < -0.3 is 5.32 Å². The summed E-state index contributed by atoms with van der Waals surface area (Å²) in [7, 11) is 0. The van der Waals surface area contributed by atoms with Crippen LogP contribution in [-0.4, -0.2) is 6.54 Å². The number of hydrogen-bond donors (Lipinski definition) is 1. The van der Waals surface area contributed by atoms with Gasteiger partial charge in [0.05, 0.1) is 0 Å². The molecule has 1 N–H and O–H groups in total. The first-order chi connectivity index (χ1) is 3.43. The largest absolute Gasteiger partial charge is 0.389 e. The summed E-state index contributed by atoms with van der Waals surface area (Å²) < 4.78 is 0. The molecule has 0 aromatic carbocycles. The monoisotopic (exact) mass is 97.1 g/mol. The Hall–Kier alpha value is -0.460. The molecule has 0 bridgehead atoms. The van der Waals surface area contributed by atoms with E-state index in [1.165, 1.54) is 25.1 Å². The second-order valence-electron chi connectivity index (χ2n) is 1.84. The zero-order valence-electron chi connectivity index (χ0n) is 4.70. The molecule has 0 aromatic heterocycles. The first kappa shape index (κ1) is 4.69. The maximum absolute atomic E-state index is 3.27. The van der Waals surface area contributed by atoms with Crippen LogP contribution in [0.2, 0.25) is 0 Å². The molecular weight excluding hydrogens is 86.1 g/mol. The Bertz CT molecular complexity index is 76.2. The van der Waals surface area contributed by atoms with Crippen molar-refractivity contribution in [2.24, 2.45) is 0 Å². The summed E-state index contributed by atoms with van der Waals surface area (Å²) in [6.07, 6.45) is 4.73. The van der Waals surface area contributed by atoms with Gasteiger partial charge in [0.1, 0.15) is 0 Å². The Morgan fingerprint density at radius 2 is 2.57 bits per heavy atom. The van der Waals surface area contributed by atoms with Gasteiger partial charge in [-0.1, -0.05) is 6.08 Å². The van der Waals surface area contributed by atoms with Gasteiger partial charge in [0.25, 0.3) is 0 Å². The number of allylic oxidation sites excluding steroid dienone is 2. The minimum Gasteiger partial charge on any atom is -0.389 e. The zero-order chi connectivity index (χ0) is 5.11. The average Bonchev–Trinajstić information content (AvgIpc) is 2.14. The normalized spacial score (nSPS) is 25.6. The van der Waals surface area contributed by atoms with Crippen LogP contribution in [0.3, 0.4) is 0 Å². The van der Waals surface area contributed by atoms with E-state index >= 15 is 0 Å². The van der Waals surface area contributed by atoms with Crippen LogP contribution in [0.15, 0.2) is 11.8 Å². The van der Waals surface area contributed by atoms with E-state index in [9.17, 15) is 0 Å². The lowest BCUT2D eigenvalue weighted by Crippen LogP contribution is -2.02. The summed E-state index contributed by atoms with van der Waals surface area (Å²) in [5, 5.41) is 3.27. The van der Waals surface area contributed by atoms with Crippen LogP contribution in [0.25, 0.3) is 0 Å². The molecule has 1 fully saturated rings. The highest BCUT2D eigenvalue weighted by Crippen LogP contribution is 2.06. The molecule has 0 radical (unpaired) electrons. The average molecular weight is 97.2 g/mol. The van der Waals surface area contributed by atoms with E-state index in [0.29, 0.717) is 0 Å². The second-order valence-corrected chi connectivity index (χ2v) is 1.84. The molecule has 0 aromatic rings. The first-order valence-electron chi connectivity index (χ1n) is 2.82. The molecule has 1 aliphatic rings. The van der Waals surface area contributed by atoms with Crippen LogP contribution >= 0.6 is 0 Å². The number of rotatable bonds is 0. The molecule has 0 atom stereocenters. The predicted molar refractivity (Wildman–Crippen MR) is 31.0 cm³/mol. The zero-order valence-corrected chi connectivity index (χ0v) is 4.70. The van der Waals surface area contributed by atoms with E-state index in [-0.39, 0.29) is 0 Å². The highest BCUT2D eigenvalue weighted by Gasteiger charge is 2.00. The van der Waals surface area contributed by atoms with Crippen LogP contribution in [0.5, 0.6) is 0 Å². The van der Waals surface area contributed by atoms with Crippen molar-refractivity contribution in [1.82, 2.24) is 5.32 Å². The van der Waals surface area contributed by atoms with Crippen molar-refractivity contribution in [2.45, 2.75) is 19.8 Å². The molecular formula is C6H11N. The first-order valence-corrected chi connectivity index (χ1v) is 2.82. The predicted octanol–water partition coefficient (Wildman–Crippen LogP) is 1.27. The molecule has 1 heteroatoms. The minimum absolute atomic E-state index is 1.18. The van der Waals surface area contributed by atoms with Gasteiger partial charge in [0.2, 0.25) is 0 Å². The lowest BCUT2D eigenvalue weighted by molar-refractivity contribution is 0.903. The van der Waals surface area contributed by atoms with E-state index in [0.717, 1.165) is 0 Å². The van der Waals surface area contributed by atoms with Crippen molar-refractivity contribution in [1.29, 1.82) is 0 Å². The molecule has 0 unspecified atom stereocenters. The Kier molecular flexibility index (Phi) is 1.35. The summed E-state index contributed by atoms with van der Waals surface area (Å²) in [4.78, 5) is 0. The molecule has 1 rings (SSSR count). The lowest BCUT2D eigenvalue weighted by Gasteiger charge is -1.91. The Balaban J connectivity index is 2.41. The van der Waals surface area contributed by atoms with E-state index in [1.807, 2.05) is 0 Å². The van der Waals surface area contributed by atoms with Crippen molar-refractivity contribution in [2.75, 3.05) is 6.54 Å². The SMILES string of the molecule is C/C=C1\CCCN1. The molecule has 1 aliphatic heterocycles. The van der Waals surface area contributed by atoms with E-state index in [1.54, 1.807) is 0 Å². The van der Waals surface area contributed by atoms with Crippen molar-refractivity contribution in [3.05, 3.63) is 11.8 Å². The minimum atomic E-state index is 1.18. The Morgan fingerprint density at radius 3 is 2.86 bits per heavy atom. The third-order valence-corrected chi connectivity index (χ3v) is 1.32. The molecule has 0 saturated carbocycles. The van der Waals surface area contributed by atoms with Crippen molar-refractivity contribution >= 4 is 0 Å². The molecule has 0 spiro atoms. The van der Waals surface area contributed by atoms with Gasteiger partial charge in [-0.05, 0) is 19.8 Å². The smallest absolute Gasteiger partial charge is 0.0147 e. The van der Waals surface area contributed by atoms with E-state index in [4.69, 9.17) is 0 Å². The summed E-state index contributed by atoms with van der Waals surface area (Å²) in [6, 6.07) is 0. The molecule has 40 valence electrons. The fourth-order valence-corrected chi connectivity index (χ4v) is 0.863. The summed E-state index contributed by atoms with van der Waals surface area (Å²) in [5.74, 6) is 0. The lowest BCUT2D eigenvalue weighted by atomic mass is 10.3. The molecule has 7 heavy (non-hydrogen) atoms. The van der Waals surface area contributed by atoms with Gasteiger partial charge in [0, 0.05) is 12.2 Å². The van der Waals surface area contributed by atoms with E-state index in [2.05, 4.69) is 18.3 Å². The molecule has 1 nitrogen and oxygen atoms in total. The maximum Gasteiger partial charge on any atom is 0.0147 e. The highest BCUT2D eigenvalue weighted by atomic mass is 14.9. The number of nitrogens with one attached hydrogen (secondary N) is 1. The van der Waals surface area contributed by atoms with Gasteiger partial charge in [-0.2, -0.15) is 0 Å². The van der Waals surface area contributed by atoms with Crippen LogP contribution in [-0.2, 0) is 0 Å². The third kappa shape index (κ3) is 0.952. The van der Waals surface area contributed by atoms with Crippen molar-refractivity contribution in [3.8, 4) is 0 Å². The molecule has 1 saturated heterocycles. The van der Waals surface area contributed by atoms with Crippen LogP contribution in [0, 0.1) is 0 Å². The molecule has 0 amide bonds. The van der Waals surface area contributed by atoms with Crippen LogP contribution in [0.4, 0.5) is 0 Å². The molecule has 1 heterocycles. The standard InChI is InChI=1S/C6H11N/c1-2-6-4-3-5-7-6/h2,7H,3-5H2,1H3/b6-2+. The van der Waals surface area contributed by atoms with Crippen molar-refractivity contribution < 1.29 is 0 Å². The highest BCUT2D eigenvalue weighted by molar-refractivity contribution is 5.01. The fraction of sp³-hybridized carbons (Fsp3) is 0.667. The Morgan fingerprint density at radius 1 is 1.71 bits per heavy atom. The quantitative estimate of drug-likeness (QED) is 0.480. The van der Waals surface area contributed by atoms with Crippen LogP contribution < -0.4 is 5.32 Å². The van der Waals surface area contributed by atoms with Gasteiger partial charge in [0.15, 0.2) is 0 Å². The summed E-state index contributed by atoms with van der Waals surface area (Å²) in [6.45, 7) is 3.26. The van der Waals surface area contributed by atoms with Gasteiger partial charge in [-0.15, -0.1) is 0 Å². The van der Waals surface area contributed by atoms with Gasteiger partial charge >= 0.3 is 0 Å². The van der Waals surface area contributed by atoms with Gasteiger partial charge in [-0.3, -0.25) is 0 Å². The van der Waals surface area contributed by atoms with E-state index < -0.39 is 0 Å². The van der Waals surface area contributed by atoms with Crippen molar-refractivity contribution in [3.63, 3.8) is 0 Å². The topological polar surface area (TPSA) is 12.0 Å². The summed E-state index contributed by atoms with van der Waals surface area (Å²) >= 11 is 0. The summed E-state index contributed by atoms with van der Waals surface area (Å²) in [5.41, 5.74) is 1.42. The Labute approximate surface area is 44.4 Å². The fourth-order valence-electron chi connectivity index (χ4n) is 0.863. The molecule has 0 aliphatic carbocycles.